The molecule has 162 valence electrons. The third-order valence-electron chi connectivity index (χ3n) is 6.90. The first kappa shape index (κ1) is 15.6. The lowest BCUT2D eigenvalue weighted by Crippen LogP contribution is -2.39. The van der Waals surface area contributed by atoms with Crippen LogP contribution in [0.5, 0.6) is 0 Å². The van der Waals surface area contributed by atoms with Gasteiger partial charge in [-0.15, -0.1) is 13.2 Å². The van der Waals surface area contributed by atoms with Gasteiger partial charge in [0, 0.05) is 11.8 Å². The highest BCUT2D eigenvalue weighted by Crippen LogP contribution is 2.41. The fourth-order valence-corrected chi connectivity index (χ4v) is 5.49. The molecule has 5 aromatic rings. The molecular formula is C34H26. The van der Waals surface area contributed by atoms with Gasteiger partial charge in [-0.2, -0.15) is 0 Å². The summed E-state index contributed by atoms with van der Waals surface area (Å²) in [6.45, 7) is 8.37. The normalized spacial score (nSPS) is 19.6. The van der Waals surface area contributed by atoms with Crippen LogP contribution >= 0.6 is 0 Å². The van der Waals surface area contributed by atoms with Crippen molar-refractivity contribution in [3.63, 3.8) is 0 Å². The number of allylic oxidation sites excluding steroid dienone is 2. The van der Waals surface area contributed by atoms with E-state index in [9.17, 15) is 0 Å². The molecule has 0 spiro atoms. The molecule has 0 amide bonds. The van der Waals surface area contributed by atoms with Crippen molar-refractivity contribution in [3.8, 4) is 0 Å². The molecule has 0 aromatic heterocycles. The SMILES string of the molecule is [2H]c1c([2H])c([2H])c(C2=c3ccccc3=C(c3cc4ccccc4c4ccccc34)C(C=C)C2C=C)c([2H])c1[2H]. The first-order chi connectivity index (χ1) is 18.9. The van der Waals surface area contributed by atoms with Crippen LogP contribution in [0, 0.1) is 11.8 Å². The van der Waals surface area contributed by atoms with Gasteiger partial charge in [0.2, 0.25) is 0 Å². The predicted molar refractivity (Wildman–Crippen MR) is 146 cm³/mol. The molecule has 1 aliphatic carbocycles. The lowest BCUT2D eigenvalue weighted by molar-refractivity contribution is 0.697. The van der Waals surface area contributed by atoms with E-state index in [0.29, 0.717) is 5.57 Å². The zero-order valence-electron chi connectivity index (χ0n) is 23.7. The van der Waals surface area contributed by atoms with Crippen LogP contribution < -0.4 is 10.4 Å². The second kappa shape index (κ2) is 8.32. The Hall–Kier alpha value is -4.16. The molecule has 2 atom stereocenters. The molecule has 0 bridgehead atoms. The van der Waals surface area contributed by atoms with Crippen LogP contribution in [0.4, 0.5) is 0 Å². The molecule has 0 aliphatic heterocycles. The molecule has 0 nitrogen and oxygen atoms in total. The van der Waals surface area contributed by atoms with Gasteiger partial charge < -0.3 is 0 Å². The molecule has 0 radical (unpaired) electrons. The molecule has 0 heteroatoms. The Balaban J connectivity index is 1.86. The Morgan fingerprint density at radius 3 is 1.88 bits per heavy atom. The van der Waals surface area contributed by atoms with Crippen molar-refractivity contribution in [2.24, 2.45) is 11.8 Å². The van der Waals surface area contributed by atoms with E-state index in [1.807, 2.05) is 42.5 Å². The number of hydrogen-bond acceptors (Lipinski definition) is 0. The zero-order valence-corrected chi connectivity index (χ0v) is 18.7. The van der Waals surface area contributed by atoms with Gasteiger partial charge in [0.05, 0.1) is 6.85 Å². The molecule has 0 heterocycles. The highest BCUT2D eigenvalue weighted by atomic mass is 14.3. The van der Waals surface area contributed by atoms with Gasteiger partial charge in [-0.3, -0.25) is 0 Å². The van der Waals surface area contributed by atoms with Crippen LogP contribution in [0.1, 0.15) is 18.0 Å². The van der Waals surface area contributed by atoms with Gasteiger partial charge in [0.15, 0.2) is 0 Å². The summed E-state index contributed by atoms with van der Waals surface area (Å²) < 4.78 is 42.3. The minimum absolute atomic E-state index is 0.208. The van der Waals surface area contributed by atoms with Crippen LogP contribution in [-0.4, -0.2) is 0 Å². The Labute approximate surface area is 207 Å². The second-order valence-corrected chi connectivity index (χ2v) is 8.59. The third kappa shape index (κ3) is 3.07. The van der Waals surface area contributed by atoms with E-state index in [-0.39, 0.29) is 41.6 Å². The summed E-state index contributed by atoms with van der Waals surface area (Å²) in [4.78, 5) is 0. The Morgan fingerprint density at radius 1 is 0.618 bits per heavy atom. The van der Waals surface area contributed by atoms with Crippen molar-refractivity contribution in [2.45, 2.75) is 0 Å². The highest BCUT2D eigenvalue weighted by molar-refractivity contribution is 6.12. The second-order valence-electron chi connectivity index (χ2n) is 8.59. The van der Waals surface area contributed by atoms with Gasteiger partial charge in [0.25, 0.3) is 0 Å². The Morgan fingerprint density at radius 2 is 1.18 bits per heavy atom. The minimum atomic E-state index is -0.399. The van der Waals surface area contributed by atoms with Gasteiger partial charge >= 0.3 is 0 Å². The quantitative estimate of drug-likeness (QED) is 0.209. The van der Waals surface area contributed by atoms with E-state index in [1.165, 1.54) is 5.39 Å². The summed E-state index contributed by atoms with van der Waals surface area (Å²) in [6.07, 6.45) is 3.72. The van der Waals surface area contributed by atoms with Crippen molar-refractivity contribution in [1.29, 1.82) is 0 Å². The van der Waals surface area contributed by atoms with Gasteiger partial charge in [-0.05, 0) is 60.3 Å². The van der Waals surface area contributed by atoms with E-state index in [4.69, 9.17) is 6.85 Å². The maximum Gasteiger partial charge on any atom is 0.0629 e. The van der Waals surface area contributed by atoms with Gasteiger partial charge in [-0.1, -0.05) is 115 Å². The van der Waals surface area contributed by atoms with E-state index in [2.05, 4.69) is 61.7 Å². The lowest BCUT2D eigenvalue weighted by Gasteiger charge is -2.32. The monoisotopic (exact) mass is 439 g/mol. The fourth-order valence-electron chi connectivity index (χ4n) is 5.49. The maximum atomic E-state index is 8.75. The molecule has 0 fully saturated rings. The highest BCUT2D eigenvalue weighted by Gasteiger charge is 2.30. The van der Waals surface area contributed by atoms with Crippen molar-refractivity contribution < 1.29 is 6.85 Å². The average molecular weight is 440 g/mol. The van der Waals surface area contributed by atoms with Crippen LogP contribution in [0.2, 0.25) is 0 Å². The zero-order chi connectivity index (χ0) is 27.4. The largest absolute Gasteiger partial charge is 0.102 e. The van der Waals surface area contributed by atoms with Crippen LogP contribution in [0.25, 0.3) is 32.7 Å². The third-order valence-corrected chi connectivity index (χ3v) is 6.90. The Kier molecular flexibility index (Phi) is 3.83. The average Bonchev–Trinajstić information content (AvgIpc) is 2.98. The predicted octanol–water partition coefficient (Wildman–Crippen LogP) is 7.01. The van der Waals surface area contributed by atoms with Crippen LogP contribution in [-0.2, 0) is 0 Å². The topological polar surface area (TPSA) is 0 Å². The van der Waals surface area contributed by atoms with Crippen molar-refractivity contribution in [3.05, 3.63) is 156 Å². The Bertz CT molecular complexity index is 1940. The smallest absolute Gasteiger partial charge is 0.0629 e. The molecule has 1 aliphatic rings. The van der Waals surface area contributed by atoms with Crippen molar-refractivity contribution in [2.75, 3.05) is 0 Å². The molecular weight excluding hydrogens is 408 g/mol. The molecule has 34 heavy (non-hydrogen) atoms. The summed E-state index contributed by atoms with van der Waals surface area (Å²) in [7, 11) is 0. The van der Waals surface area contributed by atoms with Gasteiger partial charge in [-0.25, -0.2) is 0 Å². The van der Waals surface area contributed by atoms with E-state index in [0.717, 1.165) is 37.7 Å². The number of rotatable bonds is 4. The van der Waals surface area contributed by atoms with E-state index < -0.39 is 6.04 Å². The number of fused-ring (bicyclic) bond motifs is 4. The molecule has 6 rings (SSSR count). The first-order valence-corrected chi connectivity index (χ1v) is 11.5. The van der Waals surface area contributed by atoms with Crippen LogP contribution in [0.15, 0.2) is 134 Å². The summed E-state index contributed by atoms with van der Waals surface area (Å²) in [5.74, 6) is -0.601. The summed E-state index contributed by atoms with van der Waals surface area (Å²) >= 11 is 0. The summed E-state index contributed by atoms with van der Waals surface area (Å²) in [5, 5.41) is 6.41. The molecule has 0 saturated heterocycles. The van der Waals surface area contributed by atoms with Crippen molar-refractivity contribution >= 4 is 32.7 Å². The standard InChI is InChI=1S/C34H26/c1-3-25-26(4-2)34(31-21-13-12-20-30(31)33(25)23-14-6-5-7-15-23)32-22-24-16-8-9-17-27(24)28-18-10-11-19-29(28)32/h3-22,25-26H,1-2H2/i5D,6D,7D,14D,15D. The van der Waals surface area contributed by atoms with Crippen molar-refractivity contribution in [1.82, 2.24) is 0 Å². The minimum Gasteiger partial charge on any atom is -0.102 e. The summed E-state index contributed by atoms with van der Waals surface area (Å²) in [5.41, 5.74) is 3.07. The van der Waals surface area contributed by atoms with E-state index >= 15 is 0 Å². The molecule has 0 N–H and O–H groups in total. The number of benzene rings is 5. The molecule has 5 aromatic carbocycles. The first-order valence-electron chi connectivity index (χ1n) is 14.0. The molecule has 2 unspecified atom stereocenters. The van der Waals surface area contributed by atoms with Gasteiger partial charge in [0.1, 0.15) is 0 Å². The molecule has 0 saturated carbocycles. The number of hydrogen-bond donors (Lipinski definition) is 0. The van der Waals surface area contributed by atoms with E-state index in [1.54, 1.807) is 0 Å². The fraction of sp³-hybridized carbons (Fsp3) is 0.0588. The maximum absolute atomic E-state index is 8.75. The summed E-state index contributed by atoms with van der Waals surface area (Å²) in [6, 6.07) is 25.4. The van der Waals surface area contributed by atoms with Crippen LogP contribution in [0.3, 0.4) is 0 Å². The lowest BCUT2D eigenvalue weighted by atomic mass is 9.71.